The van der Waals surface area contributed by atoms with Gasteiger partial charge in [0.05, 0.1) is 36.3 Å². The Hall–Kier alpha value is -2.73. The molecule has 0 aromatic rings. The molecular formula is C29H34O11. The average molecular weight is 559 g/mol. The first-order valence-corrected chi connectivity index (χ1v) is 13.9. The third-order valence-electron chi connectivity index (χ3n) is 10.5. The highest BCUT2D eigenvalue weighted by atomic mass is 16.7. The predicted molar refractivity (Wildman–Crippen MR) is 133 cm³/mol. The first-order valence-electron chi connectivity index (χ1n) is 13.9. The number of cyclic esters (lactones) is 1. The fourth-order valence-corrected chi connectivity index (χ4v) is 8.05. The van der Waals surface area contributed by atoms with Crippen molar-refractivity contribution in [3.05, 3.63) is 35.6 Å². The first kappa shape index (κ1) is 26.2. The number of fused-ring (bicyclic) bond motifs is 1. The van der Waals surface area contributed by atoms with Crippen LogP contribution in [-0.4, -0.2) is 90.7 Å². The lowest BCUT2D eigenvalue weighted by Crippen LogP contribution is -2.68. The lowest BCUT2D eigenvalue weighted by molar-refractivity contribution is -0.240. The monoisotopic (exact) mass is 558 g/mol. The second-order valence-corrected chi connectivity index (χ2v) is 12.3. The SMILES string of the molecule is CC(=O)O[C@H]1C[C@@]23COC(=O)[C@H]4O[C@@]45CCO/C(=C/C/C=C\C(=O)O[C@@H]4C[C@@H](O[C@@H]2C=C1C)[C@@]1(CO1)[C@]43C)[C@@H]5O. The van der Waals surface area contributed by atoms with Gasteiger partial charge in [0.15, 0.2) is 6.10 Å². The van der Waals surface area contributed by atoms with Crippen molar-refractivity contribution in [3.63, 3.8) is 0 Å². The third-order valence-corrected chi connectivity index (χ3v) is 10.5. The van der Waals surface area contributed by atoms with E-state index < -0.39 is 70.5 Å². The minimum Gasteiger partial charge on any atom is -0.495 e. The van der Waals surface area contributed by atoms with Crippen LogP contribution < -0.4 is 0 Å². The van der Waals surface area contributed by atoms with Crippen molar-refractivity contribution in [2.45, 2.75) is 94.3 Å². The molecule has 0 aromatic carbocycles. The summed E-state index contributed by atoms with van der Waals surface area (Å²) in [6.07, 6.45) is 3.84. The van der Waals surface area contributed by atoms with Gasteiger partial charge >= 0.3 is 17.9 Å². The topological polar surface area (TPSA) is 143 Å². The van der Waals surface area contributed by atoms with E-state index in [4.69, 9.17) is 33.2 Å². The molecule has 4 bridgehead atoms. The van der Waals surface area contributed by atoms with Crippen LogP contribution in [0.25, 0.3) is 0 Å². The van der Waals surface area contributed by atoms with Crippen LogP contribution in [0.5, 0.6) is 0 Å². The molecule has 7 aliphatic rings. The van der Waals surface area contributed by atoms with E-state index in [2.05, 4.69) is 0 Å². The lowest BCUT2D eigenvalue weighted by atomic mass is 9.51. The van der Waals surface area contributed by atoms with Crippen molar-refractivity contribution in [2.75, 3.05) is 19.8 Å². The number of aliphatic hydroxyl groups excluding tert-OH is 1. The Bertz CT molecular complexity index is 1250. The van der Waals surface area contributed by atoms with Crippen molar-refractivity contribution < 1.29 is 52.6 Å². The molecule has 11 heteroatoms. The van der Waals surface area contributed by atoms with Gasteiger partial charge in [0, 0.05) is 32.3 Å². The molecule has 216 valence electrons. The fraction of sp³-hybridized carbons (Fsp3) is 0.690. The number of esters is 3. The number of hydrogen-bond donors (Lipinski definition) is 1. The Morgan fingerprint density at radius 2 is 1.98 bits per heavy atom. The number of carbonyl (C=O) groups is 3. The van der Waals surface area contributed by atoms with Crippen LogP contribution in [0.15, 0.2) is 35.6 Å². The number of hydrogen-bond acceptors (Lipinski definition) is 11. The van der Waals surface area contributed by atoms with Crippen molar-refractivity contribution in [1.29, 1.82) is 0 Å². The van der Waals surface area contributed by atoms with E-state index in [1.165, 1.54) is 13.0 Å². The van der Waals surface area contributed by atoms with Crippen LogP contribution in [0.1, 0.15) is 46.5 Å². The molecular weight excluding hydrogens is 524 g/mol. The number of rotatable bonds is 1. The number of epoxide rings is 2. The average Bonchev–Trinajstić information content (AvgIpc) is 3.81. The van der Waals surface area contributed by atoms with Crippen molar-refractivity contribution in [3.8, 4) is 0 Å². The molecule has 10 atom stereocenters. The second kappa shape index (κ2) is 8.64. The molecule has 5 fully saturated rings. The molecule has 0 aromatic heterocycles. The Morgan fingerprint density at radius 1 is 1.18 bits per heavy atom. The molecule has 0 unspecified atom stereocenters. The number of ether oxygens (including phenoxy) is 7. The van der Waals surface area contributed by atoms with Gasteiger partial charge in [-0.3, -0.25) is 4.79 Å². The van der Waals surface area contributed by atoms with E-state index in [0.29, 0.717) is 31.6 Å². The Morgan fingerprint density at radius 3 is 2.73 bits per heavy atom. The van der Waals surface area contributed by atoms with Crippen LogP contribution in [0.3, 0.4) is 0 Å². The van der Waals surface area contributed by atoms with Gasteiger partial charge in [-0.25, -0.2) is 9.59 Å². The third kappa shape index (κ3) is 3.41. The lowest BCUT2D eigenvalue weighted by Gasteiger charge is -2.59. The predicted octanol–water partition coefficient (Wildman–Crippen LogP) is 1.42. The summed E-state index contributed by atoms with van der Waals surface area (Å²) < 4.78 is 42.1. The van der Waals surface area contributed by atoms with Crippen LogP contribution in [0.2, 0.25) is 0 Å². The van der Waals surface area contributed by atoms with Gasteiger partial charge in [0.25, 0.3) is 0 Å². The normalized spacial score (nSPS) is 51.0. The Labute approximate surface area is 231 Å². The van der Waals surface area contributed by atoms with Gasteiger partial charge in [0.1, 0.15) is 41.9 Å². The van der Waals surface area contributed by atoms with Crippen LogP contribution in [0.4, 0.5) is 0 Å². The summed E-state index contributed by atoms with van der Waals surface area (Å²) >= 11 is 0. The highest BCUT2D eigenvalue weighted by Gasteiger charge is 2.83. The number of carbonyl (C=O) groups excluding carboxylic acids is 3. The quantitative estimate of drug-likeness (QED) is 0.216. The Kier molecular flexibility index (Phi) is 5.66. The van der Waals surface area contributed by atoms with Gasteiger partial charge < -0.3 is 38.3 Å². The highest BCUT2D eigenvalue weighted by molar-refractivity contribution is 5.82. The molecule has 4 saturated heterocycles. The molecule has 5 aliphatic heterocycles. The molecule has 11 nitrogen and oxygen atoms in total. The van der Waals surface area contributed by atoms with Crippen LogP contribution >= 0.6 is 0 Å². The zero-order valence-electron chi connectivity index (χ0n) is 22.8. The molecule has 0 radical (unpaired) electrons. The molecule has 3 spiro atoms. The zero-order valence-corrected chi connectivity index (χ0v) is 22.8. The molecule has 2 aliphatic carbocycles. The molecule has 1 saturated carbocycles. The van der Waals surface area contributed by atoms with Crippen molar-refractivity contribution in [1.82, 2.24) is 0 Å². The summed E-state index contributed by atoms with van der Waals surface area (Å²) in [6.45, 7) is 5.83. The summed E-state index contributed by atoms with van der Waals surface area (Å²) in [5.41, 5.74) is -2.81. The number of allylic oxidation sites excluding steroid dienone is 2. The maximum atomic E-state index is 13.5. The van der Waals surface area contributed by atoms with E-state index in [1.807, 2.05) is 19.9 Å². The van der Waals surface area contributed by atoms with E-state index in [1.54, 1.807) is 12.2 Å². The number of aliphatic hydroxyl groups is 1. The minimum atomic E-state index is -1.15. The van der Waals surface area contributed by atoms with E-state index >= 15 is 0 Å². The van der Waals surface area contributed by atoms with Crippen molar-refractivity contribution in [2.24, 2.45) is 10.8 Å². The molecule has 7 rings (SSSR count). The van der Waals surface area contributed by atoms with Gasteiger partial charge in [-0.05, 0) is 25.0 Å². The summed E-state index contributed by atoms with van der Waals surface area (Å²) in [4.78, 5) is 38.6. The van der Waals surface area contributed by atoms with Gasteiger partial charge in [-0.1, -0.05) is 19.1 Å². The van der Waals surface area contributed by atoms with Gasteiger partial charge in [-0.2, -0.15) is 0 Å². The Balaban J connectivity index is 1.31. The standard InChI is InChI=1S/C29H34O11/c1-15-10-20-27(12-18(15)37-16(2)30)13-35-25(33)24-28(40-24)8-9-34-17(23(28)32)6-4-5-7-22(31)39-19-11-21(38-20)29(14-36-29)26(19,27)3/h5-7,10,18-21,23-24,32H,4,8-9,11-14H2,1-3H3/b7-5-,17-6+/t18-,19+,20+,21+,23-,24+,26+,27+,28+,29-/m0/s1. The summed E-state index contributed by atoms with van der Waals surface area (Å²) in [5.74, 6) is -1.25. The molecule has 1 N–H and O–H groups in total. The van der Waals surface area contributed by atoms with Crippen LogP contribution in [0, 0.1) is 10.8 Å². The van der Waals surface area contributed by atoms with E-state index in [0.717, 1.165) is 5.57 Å². The maximum Gasteiger partial charge on any atom is 0.338 e. The van der Waals surface area contributed by atoms with Crippen LogP contribution in [-0.2, 0) is 47.5 Å². The smallest absolute Gasteiger partial charge is 0.338 e. The van der Waals surface area contributed by atoms with Gasteiger partial charge in [-0.15, -0.1) is 0 Å². The van der Waals surface area contributed by atoms with E-state index in [-0.39, 0.29) is 25.7 Å². The molecule has 40 heavy (non-hydrogen) atoms. The molecule has 5 heterocycles. The fourth-order valence-electron chi connectivity index (χ4n) is 8.05. The second-order valence-electron chi connectivity index (χ2n) is 12.3. The summed E-state index contributed by atoms with van der Waals surface area (Å²) in [7, 11) is 0. The van der Waals surface area contributed by atoms with Crippen molar-refractivity contribution >= 4 is 17.9 Å². The van der Waals surface area contributed by atoms with Gasteiger partial charge in [0.2, 0.25) is 0 Å². The largest absolute Gasteiger partial charge is 0.495 e. The highest BCUT2D eigenvalue weighted by Crippen LogP contribution is 2.72. The minimum absolute atomic E-state index is 0.110. The molecule has 0 amide bonds. The maximum absolute atomic E-state index is 13.5. The zero-order chi connectivity index (χ0) is 28.1. The summed E-state index contributed by atoms with van der Waals surface area (Å²) in [5, 5.41) is 11.0. The van der Waals surface area contributed by atoms with E-state index in [9.17, 15) is 19.5 Å². The first-order chi connectivity index (χ1) is 19.1. The summed E-state index contributed by atoms with van der Waals surface area (Å²) in [6, 6.07) is 0.